The number of nitrogens with zero attached hydrogens (tertiary/aromatic N) is 2. The van der Waals surface area contributed by atoms with Gasteiger partial charge in [-0.2, -0.15) is 0 Å². The summed E-state index contributed by atoms with van der Waals surface area (Å²) >= 11 is 0. The highest BCUT2D eigenvalue weighted by Gasteiger charge is 2.43. The van der Waals surface area contributed by atoms with Gasteiger partial charge in [0.25, 0.3) is 0 Å². The fourth-order valence-corrected chi connectivity index (χ4v) is 9.00. The first-order chi connectivity index (χ1) is 24.3. The van der Waals surface area contributed by atoms with Crippen LogP contribution in [0.2, 0.25) is 0 Å². The summed E-state index contributed by atoms with van der Waals surface area (Å²) in [6.45, 7) is 21.7. The van der Waals surface area contributed by atoms with Gasteiger partial charge >= 0.3 is 0 Å². The van der Waals surface area contributed by atoms with Crippen LogP contribution in [0.1, 0.15) is 36.1 Å². The summed E-state index contributed by atoms with van der Waals surface area (Å²) in [5.41, 5.74) is 17.3. The highest BCUT2D eigenvalue weighted by atomic mass is 14.7. The summed E-state index contributed by atoms with van der Waals surface area (Å²) in [5, 5.41) is 2.13. The molecule has 2 atom stereocenters. The Morgan fingerprint density at radius 3 is 1.28 bits per heavy atom. The fraction of sp³-hybridized carbons (Fsp3) is 0.0833. The Hall–Kier alpha value is -6.12. The SMILES string of the molecule is C=CC1(C(=C)C)c2ccccc2-c2ccc(-c3ccnc4c3ccc3c(-c5ccc6c(c5)C(C=C)(C(=C)C)c5ccccc5-6)ccnc34)cc21. The van der Waals surface area contributed by atoms with Crippen LogP contribution in [0, 0.1) is 0 Å². The topological polar surface area (TPSA) is 25.8 Å². The van der Waals surface area contributed by atoms with Crippen molar-refractivity contribution >= 4 is 21.8 Å². The largest absolute Gasteiger partial charge is 0.254 e. The van der Waals surface area contributed by atoms with E-state index in [0.717, 1.165) is 55.2 Å². The van der Waals surface area contributed by atoms with Crippen molar-refractivity contribution in [3.63, 3.8) is 0 Å². The fourth-order valence-electron chi connectivity index (χ4n) is 9.00. The zero-order valence-corrected chi connectivity index (χ0v) is 28.4. The molecule has 2 nitrogen and oxygen atoms in total. The van der Waals surface area contributed by atoms with Crippen molar-refractivity contribution in [3.05, 3.63) is 193 Å². The molecule has 2 aliphatic rings. The van der Waals surface area contributed by atoms with Crippen LogP contribution in [0.5, 0.6) is 0 Å². The van der Waals surface area contributed by atoms with E-state index >= 15 is 0 Å². The number of hydrogen-bond acceptors (Lipinski definition) is 2. The first-order valence-corrected chi connectivity index (χ1v) is 17.1. The summed E-state index contributed by atoms with van der Waals surface area (Å²) in [5.74, 6) is 0. The molecule has 2 unspecified atom stereocenters. The second-order valence-corrected chi connectivity index (χ2v) is 13.8. The number of aromatic nitrogens is 2. The zero-order valence-electron chi connectivity index (χ0n) is 28.4. The molecule has 2 heterocycles. The number of pyridine rings is 2. The van der Waals surface area contributed by atoms with Gasteiger partial charge in [-0.25, -0.2) is 0 Å². The predicted octanol–water partition coefficient (Wildman–Crippen LogP) is 12.2. The van der Waals surface area contributed by atoms with Gasteiger partial charge in [0.15, 0.2) is 0 Å². The van der Waals surface area contributed by atoms with Gasteiger partial charge in [-0.05, 0) is 105 Å². The van der Waals surface area contributed by atoms with Crippen molar-refractivity contribution in [3.8, 4) is 44.5 Å². The normalized spacial score (nSPS) is 18.3. The summed E-state index contributed by atoms with van der Waals surface area (Å²) in [7, 11) is 0. The Bertz CT molecular complexity index is 2470. The second-order valence-electron chi connectivity index (χ2n) is 13.8. The minimum Gasteiger partial charge on any atom is -0.254 e. The lowest BCUT2D eigenvalue weighted by molar-refractivity contribution is 0.787. The van der Waals surface area contributed by atoms with E-state index in [4.69, 9.17) is 9.97 Å². The molecule has 0 fully saturated rings. The smallest absolute Gasteiger partial charge is 0.0970 e. The van der Waals surface area contributed by atoms with Gasteiger partial charge in [0.1, 0.15) is 0 Å². The molecule has 50 heavy (non-hydrogen) atoms. The van der Waals surface area contributed by atoms with E-state index in [1.54, 1.807) is 0 Å². The van der Waals surface area contributed by atoms with Gasteiger partial charge in [0, 0.05) is 23.2 Å². The van der Waals surface area contributed by atoms with Crippen LogP contribution in [0.4, 0.5) is 0 Å². The number of allylic oxidation sites excluding steroid dienone is 4. The molecule has 0 saturated heterocycles. The van der Waals surface area contributed by atoms with Crippen molar-refractivity contribution in [1.29, 1.82) is 0 Å². The first-order valence-electron chi connectivity index (χ1n) is 17.1. The Balaban J connectivity index is 1.21. The van der Waals surface area contributed by atoms with E-state index in [9.17, 15) is 0 Å². The first kappa shape index (κ1) is 30.0. The number of hydrogen-bond donors (Lipinski definition) is 0. The maximum absolute atomic E-state index is 4.94. The van der Waals surface area contributed by atoms with Crippen LogP contribution in [0.3, 0.4) is 0 Å². The van der Waals surface area contributed by atoms with Gasteiger partial charge < -0.3 is 0 Å². The Morgan fingerprint density at radius 1 is 0.480 bits per heavy atom. The van der Waals surface area contributed by atoms with Crippen LogP contribution in [0.25, 0.3) is 66.3 Å². The van der Waals surface area contributed by atoms with Gasteiger partial charge in [0.05, 0.1) is 21.9 Å². The Kier molecular flexibility index (Phi) is 6.41. The summed E-state index contributed by atoms with van der Waals surface area (Å²) in [6, 6.07) is 39.5. The van der Waals surface area contributed by atoms with Gasteiger partial charge in [-0.3, -0.25) is 9.97 Å². The van der Waals surface area contributed by atoms with Crippen molar-refractivity contribution < 1.29 is 0 Å². The van der Waals surface area contributed by atoms with Crippen LogP contribution < -0.4 is 0 Å². The molecular weight excluding hydrogens is 605 g/mol. The molecule has 0 radical (unpaired) electrons. The third kappa shape index (κ3) is 3.74. The van der Waals surface area contributed by atoms with Crippen LogP contribution >= 0.6 is 0 Å². The number of fused-ring (bicyclic) bond motifs is 9. The average Bonchev–Trinajstić information content (AvgIpc) is 3.61. The maximum Gasteiger partial charge on any atom is 0.0970 e. The van der Waals surface area contributed by atoms with E-state index in [2.05, 4.69) is 162 Å². The lowest BCUT2D eigenvalue weighted by Crippen LogP contribution is -2.23. The molecule has 0 saturated carbocycles. The molecular formula is C48H36N2. The van der Waals surface area contributed by atoms with E-state index in [-0.39, 0.29) is 0 Å². The van der Waals surface area contributed by atoms with Crippen molar-refractivity contribution in [2.24, 2.45) is 0 Å². The Morgan fingerprint density at radius 2 is 0.880 bits per heavy atom. The molecule has 0 bridgehead atoms. The Labute approximate surface area is 293 Å². The average molecular weight is 641 g/mol. The highest BCUT2D eigenvalue weighted by molar-refractivity contribution is 6.12. The second kappa shape index (κ2) is 10.7. The highest BCUT2D eigenvalue weighted by Crippen LogP contribution is 2.55. The molecule has 2 aliphatic carbocycles. The number of benzene rings is 5. The third-order valence-electron chi connectivity index (χ3n) is 11.4. The quantitative estimate of drug-likeness (QED) is 0.133. The minimum absolute atomic E-state index is 0.446. The zero-order chi connectivity index (χ0) is 34.4. The predicted molar refractivity (Wildman–Crippen MR) is 210 cm³/mol. The summed E-state index contributed by atoms with van der Waals surface area (Å²) in [6.07, 6.45) is 7.93. The number of rotatable bonds is 6. The summed E-state index contributed by atoms with van der Waals surface area (Å²) < 4.78 is 0. The van der Waals surface area contributed by atoms with Crippen LogP contribution in [-0.2, 0) is 10.8 Å². The van der Waals surface area contributed by atoms with Gasteiger partial charge in [-0.15, -0.1) is 13.2 Å². The lowest BCUT2D eigenvalue weighted by atomic mass is 9.73. The summed E-state index contributed by atoms with van der Waals surface area (Å²) in [4.78, 5) is 9.87. The monoisotopic (exact) mass is 640 g/mol. The maximum atomic E-state index is 4.94. The molecule has 2 heteroatoms. The molecule has 7 aromatic rings. The standard InChI is InChI=1S/C48H36N2/c1-7-47(29(3)4)41-15-11-9-13-35(41)37-19-17-31(27-43(37)47)33-23-25-49-45-39(33)21-22-40-34(24-26-50-46(40)45)32-18-20-38-36-14-10-12-16-42(36)48(8-2,30(5)6)44(38)28-32/h7-28H,1-3,5H2,4,6H3. The van der Waals surface area contributed by atoms with Crippen molar-refractivity contribution in [2.45, 2.75) is 24.7 Å². The van der Waals surface area contributed by atoms with Crippen LogP contribution in [-0.4, -0.2) is 9.97 Å². The molecule has 0 aliphatic heterocycles. The molecule has 9 rings (SSSR count). The van der Waals surface area contributed by atoms with E-state index in [0.29, 0.717) is 0 Å². The molecule has 5 aromatic carbocycles. The molecule has 2 aromatic heterocycles. The molecule has 0 spiro atoms. The van der Waals surface area contributed by atoms with Crippen LogP contribution in [0.15, 0.2) is 171 Å². The van der Waals surface area contributed by atoms with E-state index in [1.807, 2.05) is 12.4 Å². The van der Waals surface area contributed by atoms with Crippen molar-refractivity contribution in [2.75, 3.05) is 0 Å². The van der Waals surface area contributed by atoms with E-state index in [1.165, 1.54) is 44.5 Å². The molecule has 238 valence electrons. The van der Waals surface area contributed by atoms with Crippen molar-refractivity contribution in [1.82, 2.24) is 9.97 Å². The lowest BCUT2D eigenvalue weighted by Gasteiger charge is -2.29. The molecule has 0 N–H and O–H groups in total. The third-order valence-corrected chi connectivity index (χ3v) is 11.4. The van der Waals surface area contributed by atoms with Gasteiger partial charge in [-0.1, -0.05) is 121 Å². The van der Waals surface area contributed by atoms with Gasteiger partial charge in [0.2, 0.25) is 0 Å². The van der Waals surface area contributed by atoms with E-state index < -0.39 is 10.8 Å². The minimum atomic E-state index is -0.446. The molecule has 0 amide bonds.